The summed E-state index contributed by atoms with van der Waals surface area (Å²) < 4.78 is 40.3. The van der Waals surface area contributed by atoms with Crippen molar-refractivity contribution in [2.75, 3.05) is 43.1 Å². The number of nitrogens with zero attached hydrogens (tertiary/aromatic N) is 3. The zero-order valence-electron chi connectivity index (χ0n) is 16.3. The van der Waals surface area contributed by atoms with Crippen molar-refractivity contribution in [2.45, 2.75) is 19.7 Å². The van der Waals surface area contributed by atoms with Crippen molar-refractivity contribution < 1.29 is 22.7 Å². The second-order valence-corrected chi connectivity index (χ2v) is 6.45. The number of alkyl halides is 3. The Labute approximate surface area is 166 Å². The molecule has 0 bridgehead atoms. The van der Waals surface area contributed by atoms with Crippen LogP contribution in [0.5, 0.6) is 5.75 Å². The maximum atomic E-state index is 12.2. The van der Waals surface area contributed by atoms with Gasteiger partial charge < -0.3 is 20.3 Å². The monoisotopic (exact) mass is 412 g/mol. The molecule has 0 aliphatic heterocycles. The van der Waals surface area contributed by atoms with Crippen molar-refractivity contribution in [3.63, 3.8) is 0 Å². The Bertz CT molecular complexity index is 812. The molecule has 2 amide bonds. The molecule has 0 aliphatic rings. The molecule has 1 aromatic heterocycles. The van der Waals surface area contributed by atoms with E-state index in [-0.39, 0.29) is 17.4 Å². The van der Waals surface area contributed by atoms with Crippen LogP contribution in [0.25, 0.3) is 0 Å². The number of anilines is 3. The molecule has 29 heavy (non-hydrogen) atoms. The standard InChI is InChI=1S/C18H23F3N6O2/c1-12-11-15(22-9-4-10-27(2)3)25-16(23-12)26-17(28)24-13-5-7-14(8-6-13)29-18(19,20)21/h5-8,11H,4,9-10H2,1-3H3,(H3,22,23,24,25,26,28). The van der Waals surface area contributed by atoms with Crippen LogP contribution in [0.15, 0.2) is 30.3 Å². The molecule has 2 rings (SSSR count). The molecule has 0 aliphatic carbocycles. The minimum absolute atomic E-state index is 0.106. The molecule has 0 atom stereocenters. The molecule has 0 saturated carbocycles. The fraction of sp³-hybridized carbons (Fsp3) is 0.389. The van der Waals surface area contributed by atoms with Gasteiger partial charge in [-0.3, -0.25) is 5.32 Å². The van der Waals surface area contributed by atoms with Gasteiger partial charge in [0.05, 0.1) is 0 Å². The molecule has 0 spiro atoms. The zero-order chi connectivity index (χ0) is 21.4. The van der Waals surface area contributed by atoms with Crippen molar-refractivity contribution in [3.8, 4) is 5.75 Å². The van der Waals surface area contributed by atoms with E-state index >= 15 is 0 Å². The largest absolute Gasteiger partial charge is 0.573 e. The van der Waals surface area contributed by atoms with Crippen LogP contribution < -0.4 is 20.7 Å². The van der Waals surface area contributed by atoms with Gasteiger partial charge in [-0.05, 0) is 58.3 Å². The van der Waals surface area contributed by atoms with Crippen molar-refractivity contribution in [2.24, 2.45) is 0 Å². The minimum Gasteiger partial charge on any atom is -0.406 e. The third-order valence-corrected chi connectivity index (χ3v) is 3.51. The number of carbonyl (C=O) groups excluding carboxylic acids is 1. The van der Waals surface area contributed by atoms with Crippen LogP contribution >= 0.6 is 0 Å². The highest BCUT2D eigenvalue weighted by Crippen LogP contribution is 2.24. The lowest BCUT2D eigenvalue weighted by molar-refractivity contribution is -0.274. The van der Waals surface area contributed by atoms with Gasteiger partial charge in [-0.1, -0.05) is 0 Å². The number of carbonyl (C=O) groups is 1. The maximum Gasteiger partial charge on any atom is 0.573 e. The molecule has 0 unspecified atom stereocenters. The molecule has 0 fully saturated rings. The summed E-state index contributed by atoms with van der Waals surface area (Å²) in [7, 11) is 3.98. The molecule has 1 aromatic carbocycles. The van der Waals surface area contributed by atoms with Gasteiger partial charge in [0, 0.05) is 24.0 Å². The van der Waals surface area contributed by atoms with Crippen LogP contribution in [0, 0.1) is 6.92 Å². The summed E-state index contributed by atoms with van der Waals surface area (Å²) in [5, 5.41) is 8.17. The van der Waals surface area contributed by atoms with Gasteiger partial charge in [-0.15, -0.1) is 13.2 Å². The smallest absolute Gasteiger partial charge is 0.406 e. The number of hydrogen-bond acceptors (Lipinski definition) is 6. The first-order valence-electron chi connectivity index (χ1n) is 8.79. The van der Waals surface area contributed by atoms with E-state index in [0.717, 1.165) is 25.1 Å². The topological polar surface area (TPSA) is 91.4 Å². The first kappa shape index (κ1) is 22.2. The molecular weight excluding hydrogens is 389 g/mol. The highest BCUT2D eigenvalue weighted by atomic mass is 19.4. The number of hydrogen-bond donors (Lipinski definition) is 3. The van der Waals surface area contributed by atoms with Gasteiger partial charge in [0.25, 0.3) is 0 Å². The summed E-state index contributed by atoms with van der Waals surface area (Å²) in [5.41, 5.74) is 0.950. The highest BCUT2D eigenvalue weighted by Gasteiger charge is 2.30. The molecule has 158 valence electrons. The van der Waals surface area contributed by atoms with Crippen molar-refractivity contribution in [3.05, 3.63) is 36.0 Å². The second kappa shape index (κ2) is 9.92. The number of urea groups is 1. The summed E-state index contributed by atoms with van der Waals surface area (Å²) in [6, 6.07) is 5.91. The van der Waals surface area contributed by atoms with Gasteiger partial charge >= 0.3 is 12.4 Å². The summed E-state index contributed by atoms with van der Waals surface area (Å²) >= 11 is 0. The van der Waals surface area contributed by atoms with E-state index in [9.17, 15) is 18.0 Å². The van der Waals surface area contributed by atoms with E-state index in [2.05, 4.69) is 35.6 Å². The van der Waals surface area contributed by atoms with E-state index in [1.165, 1.54) is 12.1 Å². The number of aromatic nitrogens is 2. The van der Waals surface area contributed by atoms with Crippen LogP contribution in [0.3, 0.4) is 0 Å². The first-order valence-corrected chi connectivity index (χ1v) is 8.79. The van der Waals surface area contributed by atoms with Gasteiger partial charge in [0.2, 0.25) is 5.95 Å². The van der Waals surface area contributed by atoms with Crippen LogP contribution in [-0.2, 0) is 0 Å². The number of benzene rings is 1. The molecule has 0 saturated heterocycles. The lowest BCUT2D eigenvalue weighted by atomic mass is 10.3. The van der Waals surface area contributed by atoms with E-state index < -0.39 is 12.4 Å². The fourth-order valence-corrected chi connectivity index (χ4v) is 2.33. The van der Waals surface area contributed by atoms with Crippen molar-refractivity contribution in [1.29, 1.82) is 0 Å². The predicted octanol–water partition coefficient (Wildman–Crippen LogP) is 3.69. The van der Waals surface area contributed by atoms with Crippen LogP contribution in [0.2, 0.25) is 0 Å². The minimum atomic E-state index is -4.77. The SMILES string of the molecule is Cc1cc(NCCCN(C)C)nc(NC(=O)Nc2ccc(OC(F)(F)F)cc2)n1. The molecule has 3 N–H and O–H groups in total. The van der Waals surface area contributed by atoms with Crippen LogP contribution in [-0.4, -0.2) is 54.4 Å². The highest BCUT2D eigenvalue weighted by molar-refractivity contribution is 5.98. The quantitative estimate of drug-likeness (QED) is 0.573. The molecule has 11 heteroatoms. The summed E-state index contributed by atoms with van der Waals surface area (Å²) in [6.45, 7) is 3.42. The molecule has 2 aromatic rings. The predicted molar refractivity (Wildman–Crippen MR) is 104 cm³/mol. The van der Waals surface area contributed by atoms with Crippen LogP contribution in [0.1, 0.15) is 12.1 Å². The van der Waals surface area contributed by atoms with Gasteiger partial charge in [-0.25, -0.2) is 9.78 Å². The average molecular weight is 412 g/mol. The van der Waals surface area contributed by atoms with E-state index in [4.69, 9.17) is 0 Å². The Morgan fingerprint density at radius 3 is 2.45 bits per heavy atom. The normalized spacial score (nSPS) is 11.3. The van der Waals surface area contributed by atoms with Gasteiger partial charge in [0.15, 0.2) is 0 Å². The van der Waals surface area contributed by atoms with E-state index in [1.807, 2.05) is 14.1 Å². The second-order valence-electron chi connectivity index (χ2n) is 6.45. The van der Waals surface area contributed by atoms with E-state index in [1.54, 1.807) is 13.0 Å². The number of aryl methyl sites for hydroxylation is 1. The first-order chi connectivity index (χ1) is 13.6. The molecule has 1 heterocycles. The number of rotatable bonds is 8. The Hall–Kier alpha value is -3.08. The summed E-state index contributed by atoms with van der Waals surface area (Å²) in [6.07, 6.45) is -3.85. The molecule has 0 radical (unpaired) electrons. The lowest BCUT2D eigenvalue weighted by Crippen LogP contribution is -2.22. The zero-order valence-corrected chi connectivity index (χ0v) is 16.3. The Morgan fingerprint density at radius 2 is 1.83 bits per heavy atom. The number of ether oxygens (including phenoxy) is 1. The Kier molecular flexibility index (Phi) is 7.59. The summed E-state index contributed by atoms with van der Waals surface area (Å²) in [4.78, 5) is 22.6. The Balaban J connectivity index is 1.91. The third-order valence-electron chi connectivity index (χ3n) is 3.51. The molecular formula is C18H23F3N6O2. The van der Waals surface area contributed by atoms with Crippen molar-refractivity contribution in [1.82, 2.24) is 14.9 Å². The Morgan fingerprint density at radius 1 is 1.14 bits per heavy atom. The lowest BCUT2D eigenvalue weighted by Gasteiger charge is -2.12. The van der Waals surface area contributed by atoms with Crippen LogP contribution in [0.4, 0.5) is 35.4 Å². The number of amides is 2. The number of nitrogens with one attached hydrogen (secondary N) is 3. The summed E-state index contributed by atoms with van der Waals surface area (Å²) in [5.74, 6) is 0.310. The number of halogens is 3. The van der Waals surface area contributed by atoms with Crippen molar-refractivity contribution >= 4 is 23.5 Å². The molecule has 8 nitrogen and oxygen atoms in total. The third kappa shape index (κ3) is 8.64. The fourth-order valence-electron chi connectivity index (χ4n) is 2.33. The van der Waals surface area contributed by atoms with Gasteiger partial charge in [-0.2, -0.15) is 4.98 Å². The van der Waals surface area contributed by atoms with E-state index in [0.29, 0.717) is 18.1 Å². The average Bonchev–Trinajstić information content (AvgIpc) is 2.58. The van der Waals surface area contributed by atoms with Gasteiger partial charge in [0.1, 0.15) is 11.6 Å². The maximum absolute atomic E-state index is 12.2.